The van der Waals surface area contributed by atoms with Crippen LogP contribution >= 0.6 is 0 Å². The first-order chi connectivity index (χ1) is 11.9. The number of rotatable bonds is 5. The summed E-state index contributed by atoms with van der Waals surface area (Å²) in [6.45, 7) is 2.67. The summed E-state index contributed by atoms with van der Waals surface area (Å²) in [5.41, 5.74) is 6.92. The summed E-state index contributed by atoms with van der Waals surface area (Å²) in [5, 5.41) is 0. The smallest absolute Gasteiger partial charge is 0.260 e. The molecule has 5 nitrogen and oxygen atoms in total. The zero-order chi connectivity index (χ0) is 17.9. The monoisotopic (exact) mass is 353 g/mol. The van der Waals surface area contributed by atoms with Gasteiger partial charge in [-0.2, -0.15) is 0 Å². The Balaban J connectivity index is 1.56. The Hall–Kier alpha value is -1.89. The van der Waals surface area contributed by atoms with E-state index in [1.807, 2.05) is 4.90 Å². The first-order valence-corrected chi connectivity index (χ1v) is 8.86. The van der Waals surface area contributed by atoms with Gasteiger partial charge in [-0.3, -0.25) is 9.69 Å². The molecule has 0 spiro atoms. The molecule has 0 aromatic heterocycles. The lowest BCUT2D eigenvalue weighted by molar-refractivity contribution is -0.0656. The average molecular weight is 353 g/mol. The highest BCUT2D eigenvalue weighted by Crippen LogP contribution is 2.27. The number of hydrogen-bond acceptors (Lipinski definition) is 4. The molecule has 138 valence electrons. The Labute approximate surface area is 146 Å². The summed E-state index contributed by atoms with van der Waals surface area (Å²) in [7, 11) is 0. The summed E-state index contributed by atoms with van der Waals surface area (Å²) < 4.78 is 32.5. The molecule has 0 saturated carbocycles. The maximum atomic E-state index is 13.4. The largest absolute Gasteiger partial charge is 0.490 e. The number of benzene rings is 1. The van der Waals surface area contributed by atoms with Gasteiger partial charge in [-0.25, -0.2) is 8.78 Å². The fraction of sp³-hybridized carbons (Fsp3) is 0.611. The van der Waals surface area contributed by atoms with Gasteiger partial charge in [0.15, 0.2) is 0 Å². The molecule has 3 rings (SSSR count). The molecular formula is C18H25F2N3O2. The second-order valence-corrected chi connectivity index (χ2v) is 6.84. The maximum Gasteiger partial charge on any atom is 0.260 e. The zero-order valence-corrected chi connectivity index (χ0v) is 14.3. The standard InChI is InChI=1S/C18H25F2N3O2/c19-18(20)6-3-7-22(13-18)10-11-25-16-12-14(4-5-15(16)21)17(24)23-8-1-2-9-23/h4-5,12H,1-3,6-11,13,21H2. The van der Waals surface area contributed by atoms with Crippen molar-refractivity contribution >= 4 is 11.6 Å². The Kier molecular flexibility index (Phi) is 5.42. The third-order valence-electron chi connectivity index (χ3n) is 4.79. The number of carbonyl (C=O) groups is 1. The molecule has 2 fully saturated rings. The van der Waals surface area contributed by atoms with Crippen LogP contribution in [-0.4, -0.2) is 61.0 Å². The van der Waals surface area contributed by atoms with Crippen molar-refractivity contribution in [2.24, 2.45) is 0 Å². The van der Waals surface area contributed by atoms with Crippen LogP contribution in [-0.2, 0) is 0 Å². The van der Waals surface area contributed by atoms with Gasteiger partial charge in [0.25, 0.3) is 11.8 Å². The van der Waals surface area contributed by atoms with E-state index >= 15 is 0 Å². The number of carbonyl (C=O) groups excluding carboxylic acids is 1. The van der Waals surface area contributed by atoms with E-state index in [0.29, 0.717) is 36.5 Å². The number of anilines is 1. The van der Waals surface area contributed by atoms with Crippen LogP contribution in [0.5, 0.6) is 5.75 Å². The van der Waals surface area contributed by atoms with Gasteiger partial charge >= 0.3 is 0 Å². The third kappa shape index (κ3) is 4.60. The van der Waals surface area contributed by atoms with Gasteiger partial charge in [0.2, 0.25) is 0 Å². The molecule has 1 aromatic carbocycles. The number of nitrogens with two attached hydrogens (primary N) is 1. The van der Waals surface area contributed by atoms with Crippen molar-refractivity contribution in [3.8, 4) is 5.75 Å². The first kappa shape index (κ1) is 17.9. The fourth-order valence-corrected chi connectivity index (χ4v) is 3.42. The van der Waals surface area contributed by atoms with Crippen LogP contribution in [0.1, 0.15) is 36.0 Å². The van der Waals surface area contributed by atoms with Crippen LogP contribution in [0.4, 0.5) is 14.5 Å². The van der Waals surface area contributed by atoms with Gasteiger partial charge in [-0.1, -0.05) is 0 Å². The van der Waals surface area contributed by atoms with Crippen molar-refractivity contribution in [2.45, 2.75) is 31.6 Å². The van der Waals surface area contributed by atoms with E-state index in [9.17, 15) is 13.6 Å². The SMILES string of the molecule is Nc1ccc(C(=O)N2CCCC2)cc1OCCN1CCCC(F)(F)C1. The number of nitrogens with zero attached hydrogens (tertiary/aromatic N) is 2. The topological polar surface area (TPSA) is 58.8 Å². The lowest BCUT2D eigenvalue weighted by Crippen LogP contribution is -2.44. The normalized spacial score (nSPS) is 20.6. The number of ether oxygens (including phenoxy) is 1. The van der Waals surface area contributed by atoms with E-state index in [2.05, 4.69) is 0 Å². The molecule has 0 aliphatic carbocycles. The van der Waals surface area contributed by atoms with Gasteiger partial charge in [0.05, 0.1) is 12.2 Å². The van der Waals surface area contributed by atoms with Crippen LogP contribution in [0.3, 0.4) is 0 Å². The number of amides is 1. The number of alkyl halides is 2. The van der Waals surface area contributed by atoms with E-state index < -0.39 is 5.92 Å². The summed E-state index contributed by atoms with van der Waals surface area (Å²) >= 11 is 0. The number of piperidine rings is 1. The third-order valence-corrected chi connectivity index (χ3v) is 4.79. The highest BCUT2D eigenvalue weighted by molar-refractivity contribution is 5.95. The molecule has 0 atom stereocenters. The van der Waals surface area contributed by atoms with Gasteiger partial charge in [-0.05, 0) is 44.0 Å². The lowest BCUT2D eigenvalue weighted by atomic mass is 10.1. The Bertz CT molecular complexity index is 618. The number of likely N-dealkylation sites (tertiary alicyclic amines) is 2. The van der Waals surface area contributed by atoms with E-state index in [4.69, 9.17) is 10.5 Å². The van der Waals surface area contributed by atoms with Crippen LogP contribution in [0, 0.1) is 0 Å². The molecule has 1 aromatic rings. The molecule has 2 aliphatic heterocycles. The first-order valence-electron chi connectivity index (χ1n) is 8.86. The fourth-order valence-electron chi connectivity index (χ4n) is 3.42. The van der Waals surface area contributed by atoms with Crippen LogP contribution < -0.4 is 10.5 Å². The summed E-state index contributed by atoms with van der Waals surface area (Å²) in [4.78, 5) is 16.0. The lowest BCUT2D eigenvalue weighted by Gasteiger charge is -2.32. The minimum Gasteiger partial charge on any atom is -0.490 e. The number of nitrogen functional groups attached to an aromatic ring is 1. The second-order valence-electron chi connectivity index (χ2n) is 6.84. The molecule has 2 saturated heterocycles. The molecule has 25 heavy (non-hydrogen) atoms. The number of halogens is 2. The van der Waals surface area contributed by atoms with E-state index in [-0.39, 0.29) is 25.5 Å². The molecule has 0 bridgehead atoms. The van der Waals surface area contributed by atoms with E-state index in [0.717, 1.165) is 25.9 Å². The van der Waals surface area contributed by atoms with Crippen molar-refractivity contribution in [3.63, 3.8) is 0 Å². The van der Waals surface area contributed by atoms with Crippen LogP contribution in [0.2, 0.25) is 0 Å². The highest BCUT2D eigenvalue weighted by atomic mass is 19.3. The average Bonchev–Trinajstić information content (AvgIpc) is 3.09. The van der Waals surface area contributed by atoms with Crippen molar-refractivity contribution in [3.05, 3.63) is 23.8 Å². The van der Waals surface area contributed by atoms with Crippen LogP contribution in [0.15, 0.2) is 18.2 Å². The molecule has 0 radical (unpaired) electrons. The molecular weight excluding hydrogens is 328 g/mol. The Morgan fingerprint density at radius 2 is 1.96 bits per heavy atom. The summed E-state index contributed by atoms with van der Waals surface area (Å²) in [5.74, 6) is -2.19. The quantitative estimate of drug-likeness (QED) is 0.827. The maximum absolute atomic E-state index is 13.4. The molecule has 2 aliphatic rings. The Morgan fingerprint density at radius 1 is 1.20 bits per heavy atom. The summed E-state index contributed by atoms with van der Waals surface area (Å²) in [6, 6.07) is 5.02. The van der Waals surface area contributed by atoms with E-state index in [1.165, 1.54) is 0 Å². The molecule has 1 amide bonds. The minimum absolute atomic E-state index is 0.0157. The molecule has 7 heteroatoms. The molecule has 2 heterocycles. The zero-order valence-electron chi connectivity index (χ0n) is 14.3. The second kappa shape index (κ2) is 7.56. The van der Waals surface area contributed by atoms with E-state index in [1.54, 1.807) is 23.1 Å². The number of hydrogen-bond donors (Lipinski definition) is 1. The van der Waals surface area contributed by atoms with Gasteiger partial charge in [0, 0.05) is 31.6 Å². The molecule has 0 unspecified atom stereocenters. The predicted molar refractivity (Wildman–Crippen MR) is 92.1 cm³/mol. The van der Waals surface area contributed by atoms with Gasteiger partial charge in [-0.15, -0.1) is 0 Å². The van der Waals surface area contributed by atoms with Crippen molar-refractivity contribution in [2.75, 3.05) is 45.1 Å². The van der Waals surface area contributed by atoms with Crippen molar-refractivity contribution in [1.82, 2.24) is 9.80 Å². The Morgan fingerprint density at radius 3 is 2.68 bits per heavy atom. The van der Waals surface area contributed by atoms with Crippen molar-refractivity contribution < 1.29 is 18.3 Å². The van der Waals surface area contributed by atoms with Gasteiger partial charge in [0.1, 0.15) is 12.4 Å². The minimum atomic E-state index is -2.61. The van der Waals surface area contributed by atoms with Crippen LogP contribution in [0.25, 0.3) is 0 Å². The highest BCUT2D eigenvalue weighted by Gasteiger charge is 2.34. The predicted octanol–water partition coefficient (Wildman–Crippen LogP) is 2.61. The van der Waals surface area contributed by atoms with Gasteiger partial charge < -0.3 is 15.4 Å². The van der Waals surface area contributed by atoms with Crippen molar-refractivity contribution in [1.29, 1.82) is 0 Å². The summed E-state index contributed by atoms with van der Waals surface area (Å²) in [6.07, 6.45) is 2.52. The molecule has 2 N–H and O–H groups in total.